The molecule has 1 N–H and O–H groups in total. The molecule has 1 saturated carbocycles. The Morgan fingerprint density at radius 2 is 2.16 bits per heavy atom. The van der Waals surface area contributed by atoms with Gasteiger partial charge >= 0.3 is 5.97 Å². The van der Waals surface area contributed by atoms with E-state index >= 15 is 0 Å². The minimum absolute atomic E-state index is 0.111. The van der Waals surface area contributed by atoms with Crippen LogP contribution in [0, 0.1) is 0 Å². The lowest BCUT2D eigenvalue weighted by Gasteiger charge is -2.39. The molecule has 112 valence electrons. The molecular weight excluding hydrogens is 242 g/mol. The normalized spacial score (nSPS) is 27.2. The van der Waals surface area contributed by atoms with E-state index < -0.39 is 5.54 Å². The van der Waals surface area contributed by atoms with Crippen LogP contribution in [0.2, 0.25) is 0 Å². The first-order valence-corrected chi connectivity index (χ1v) is 7.72. The molecule has 2 atom stereocenters. The molecule has 1 rings (SSSR count). The molecule has 19 heavy (non-hydrogen) atoms. The molecule has 0 bridgehead atoms. The molecule has 0 amide bonds. The summed E-state index contributed by atoms with van der Waals surface area (Å²) in [5.41, 5.74) is -0.528. The van der Waals surface area contributed by atoms with Crippen molar-refractivity contribution in [3.8, 4) is 0 Å². The highest BCUT2D eigenvalue weighted by atomic mass is 16.5. The average Bonchev–Trinajstić information content (AvgIpc) is 2.40. The average molecular weight is 271 g/mol. The van der Waals surface area contributed by atoms with Gasteiger partial charge in [-0.3, -0.25) is 4.79 Å². The molecule has 0 aliphatic heterocycles. The standard InChI is InChI=1S/C15H29NO3/c1-4-7-11-19-13-9-8-10-15(12-13,16-5-2)14(17)18-6-3/h13,16H,4-12H2,1-3H3. The summed E-state index contributed by atoms with van der Waals surface area (Å²) < 4.78 is 11.2. The van der Waals surface area contributed by atoms with Gasteiger partial charge in [-0.1, -0.05) is 20.3 Å². The molecule has 0 heterocycles. The van der Waals surface area contributed by atoms with Crippen LogP contribution in [0.5, 0.6) is 0 Å². The SMILES string of the molecule is CCCCOC1CCCC(NCC)(C(=O)OCC)C1. The summed E-state index contributed by atoms with van der Waals surface area (Å²) in [5, 5.41) is 3.35. The summed E-state index contributed by atoms with van der Waals surface area (Å²) in [6.45, 7) is 8.06. The maximum Gasteiger partial charge on any atom is 0.326 e. The number of esters is 1. The third kappa shape index (κ3) is 4.77. The Labute approximate surface area is 117 Å². The summed E-state index contributed by atoms with van der Waals surface area (Å²) in [6.07, 6.45) is 6.08. The van der Waals surface area contributed by atoms with Crippen LogP contribution in [0.25, 0.3) is 0 Å². The largest absolute Gasteiger partial charge is 0.465 e. The van der Waals surface area contributed by atoms with Crippen molar-refractivity contribution in [1.82, 2.24) is 5.32 Å². The number of carbonyl (C=O) groups is 1. The first-order chi connectivity index (χ1) is 9.18. The van der Waals surface area contributed by atoms with Crippen LogP contribution in [0.4, 0.5) is 0 Å². The van der Waals surface area contributed by atoms with Gasteiger partial charge in [0.1, 0.15) is 5.54 Å². The summed E-state index contributed by atoms with van der Waals surface area (Å²) in [6, 6.07) is 0. The highest BCUT2D eigenvalue weighted by Gasteiger charge is 2.43. The Hall–Kier alpha value is -0.610. The highest BCUT2D eigenvalue weighted by molar-refractivity contribution is 5.81. The van der Waals surface area contributed by atoms with Gasteiger partial charge in [-0.25, -0.2) is 0 Å². The van der Waals surface area contributed by atoms with E-state index in [1.54, 1.807) is 0 Å². The number of carbonyl (C=O) groups excluding carboxylic acids is 1. The van der Waals surface area contributed by atoms with Gasteiger partial charge < -0.3 is 14.8 Å². The lowest BCUT2D eigenvalue weighted by atomic mass is 9.80. The van der Waals surface area contributed by atoms with Crippen molar-refractivity contribution in [2.45, 2.75) is 70.9 Å². The zero-order chi connectivity index (χ0) is 14.1. The zero-order valence-corrected chi connectivity index (χ0v) is 12.7. The van der Waals surface area contributed by atoms with Crippen LogP contribution in [0.3, 0.4) is 0 Å². The fourth-order valence-corrected chi connectivity index (χ4v) is 2.79. The van der Waals surface area contributed by atoms with E-state index in [-0.39, 0.29) is 12.1 Å². The molecule has 1 aliphatic rings. The molecule has 2 unspecified atom stereocenters. The minimum Gasteiger partial charge on any atom is -0.465 e. The molecule has 0 spiro atoms. The number of nitrogens with one attached hydrogen (secondary N) is 1. The van der Waals surface area contributed by atoms with Gasteiger partial charge in [-0.05, 0) is 39.2 Å². The molecule has 1 fully saturated rings. The van der Waals surface area contributed by atoms with E-state index in [4.69, 9.17) is 9.47 Å². The minimum atomic E-state index is -0.528. The Balaban J connectivity index is 2.61. The third-order valence-corrected chi connectivity index (χ3v) is 3.74. The van der Waals surface area contributed by atoms with Crippen LogP contribution in [0.1, 0.15) is 59.3 Å². The van der Waals surface area contributed by atoms with E-state index in [1.807, 2.05) is 13.8 Å². The number of hydrogen-bond acceptors (Lipinski definition) is 4. The van der Waals surface area contributed by atoms with Crippen molar-refractivity contribution in [2.75, 3.05) is 19.8 Å². The highest BCUT2D eigenvalue weighted by Crippen LogP contribution is 2.31. The second-order valence-electron chi connectivity index (χ2n) is 5.28. The molecule has 0 aromatic rings. The van der Waals surface area contributed by atoms with Gasteiger partial charge in [0.15, 0.2) is 0 Å². The van der Waals surface area contributed by atoms with Gasteiger partial charge in [0.25, 0.3) is 0 Å². The third-order valence-electron chi connectivity index (χ3n) is 3.74. The molecule has 0 saturated heterocycles. The van der Waals surface area contributed by atoms with Gasteiger partial charge in [-0.2, -0.15) is 0 Å². The van der Waals surface area contributed by atoms with Gasteiger partial charge in [-0.15, -0.1) is 0 Å². The van der Waals surface area contributed by atoms with E-state index in [2.05, 4.69) is 12.2 Å². The second kappa shape index (κ2) is 8.54. The van der Waals surface area contributed by atoms with Gasteiger partial charge in [0, 0.05) is 13.0 Å². The van der Waals surface area contributed by atoms with Crippen LogP contribution in [-0.2, 0) is 14.3 Å². The molecular formula is C15H29NO3. The van der Waals surface area contributed by atoms with Crippen LogP contribution in [0.15, 0.2) is 0 Å². The monoisotopic (exact) mass is 271 g/mol. The summed E-state index contributed by atoms with van der Waals surface area (Å²) in [7, 11) is 0. The number of rotatable bonds is 8. The van der Waals surface area contributed by atoms with Crippen LogP contribution in [-0.4, -0.2) is 37.4 Å². The topological polar surface area (TPSA) is 47.6 Å². The quantitative estimate of drug-likeness (QED) is 0.544. The van der Waals surface area contributed by atoms with Crippen molar-refractivity contribution in [3.05, 3.63) is 0 Å². The molecule has 0 aromatic carbocycles. The molecule has 1 aliphatic carbocycles. The Kier molecular flexibility index (Phi) is 7.39. The van der Waals surface area contributed by atoms with Crippen molar-refractivity contribution in [2.24, 2.45) is 0 Å². The van der Waals surface area contributed by atoms with E-state index in [0.29, 0.717) is 6.61 Å². The molecule has 4 heteroatoms. The lowest BCUT2D eigenvalue weighted by Crippen LogP contribution is -2.56. The van der Waals surface area contributed by atoms with Crippen LogP contribution < -0.4 is 5.32 Å². The Morgan fingerprint density at radius 3 is 2.79 bits per heavy atom. The summed E-state index contributed by atoms with van der Waals surface area (Å²) >= 11 is 0. The molecule has 4 nitrogen and oxygen atoms in total. The summed E-state index contributed by atoms with van der Waals surface area (Å²) in [4.78, 5) is 12.2. The fraction of sp³-hybridized carbons (Fsp3) is 0.933. The first-order valence-electron chi connectivity index (χ1n) is 7.72. The number of hydrogen-bond donors (Lipinski definition) is 1. The molecule has 0 aromatic heterocycles. The maximum atomic E-state index is 12.2. The molecule has 0 radical (unpaired) electrons. The van der Waals surface area contributed by atoms with E-state index in [1.165, 1.54) is 0 Å². The van der Waals surface area contributed by atoms with Crippen molar-refractivity contribution in [1.29, 1.82) is 0 Å². The summed E-state index contributed by atoms with van der Waals surface area (Å²) in [5.74, 6) is -0.111. The van der Waals surface area contributed by atoms with Crippen molar-refractivity contribution in [3.63, 3.8) is 0 Å². The maximum absolute atomic E-state index is 12.2. The Morgan fingerprint density at radius 1 is 1.37 bits per heavy atom. The van der Waals surface area contributed by atoms with Crippen molar-refractivity contribution >= 4 is 5.97 Å². The van der Waals surface area contributed by atoms with Crippen LogP contribution >= 0.6 is 0 Å². The van der Waals surface area contributed by atoms with E-state index in [0.717, 1.165) is 51.7 Å². The van der Waals surface area contributed by atoms with Gasteiger partial charge in [0.05, 0.1) is 12.7 Å². The fourth-order valence-electron chi connectivity index (χ4n) is 2.79. The van der Waals surface area contributed by atoms with Crippen molar-refractivity contribution < 1.29 is 14.3 Å². The first kappa shape index (κ1) is 16.4. The number of likely N-dealkylation sites (N-methyl/N-ethyl adjacent to an activating group) is 1. The predicted molar refractivity (Wildman–Crippen MR) is 76.2 cm³/mol. The lowest BCUT2D eigenvalue weighted by molar-refractivity contribution is -0.155. The van der Waals surface area contributed by atoms with E-state index in [9.17, 15) is 4.79 Å². The number of ether oxygens (including phenoxy) is 2. The zero-order valence-electron chi connectivity index (χ0n) is 12.7. The smallest absolute Gasteiger partial charge is 0.326 e. The number of unbranched alkanes of at least 4 members (excludes halogenated alkanes) is 1. The second-order valence-corrected chi connectivity index (χ2v) is 5.28. The predicted octanol–water partition coefficient (Wildman–Crippen LogP) is 2.66. The van der Waals surface area contributed by atoms with Gasteiger partial charge in [0.2, 0.25) is 0 Å². The Bertz CT molecular complexity index is 266.